The molecule has 1 aromatic carbocycles. The highest BCUT2D eigenvalue weighted by Gasteiger charge is 2.41. The van der Waals surface area contributed by atoms with Crippen molar-refractivity contribution in [3.63, 3.8) is 0 Å². The first-order valence-corrected chi connectivity index (χ1v) is 7.44. The number of rotatable bonds is 1. The second kappa shape index (κ2) is 4.93. The molecule has 110 valence electrons. The van der Waals surface area contributed by atoms with Crippen LogP contribution in [0.1, 0.15) is 12.0 Å². The average Bonchev–Trinajstić information content (AvgIpc) is 2.95. The standard InChI is InChI=1S/C16H19N3O2/c1-12-3-2-4-13-14(12)17-11-18-15(13)19-6-8-21-16(9-19)5-7-20-10-16/h2-4,11H,5-10H2,1H3. The summed E-state index contributed by atoms with van der Waals surface area (Å²) in [7, 11) is 0. The number of aryl methyl sites for hydroxylation is 1. The van der Waals surface area contributed by atoms with E-state index >= 15 is 0 Å². The average molecular weight is 285 g/mol. The summed E-state index contributed by atoms with van der Waals surface area (Å²) < 4.78 is 11.5. The molecule has 0 aliphatic carbocycles. The topological polar surface area (TPSA) is 47.5 Å². The van der Waals surface area contributed by atoms with Gasteiger partial charge in [-0.15, -0.1) is 0 Å². The molecule has 0 saturated carbocycles. The van der Waals surface area contributed by atoms with Gasteiger partial charge in [0.25, 0.3) is 0 Å². The second-order valence-electron chi connectivity index (χ2n) is 5.92. The summed E-state index contributed by atoms with van der Waals surface area (Å²) in [6.07, 6.45) is 2.63. The predicted octanol–water partition coefficient (Wildman–Crippen LogP) is 1.93. The number of hydrogen-bond acceptors (Lipinski definition) is 5. The monoisotopic (exact) mass is 285 g/mol. The molecule has 2 fully saturated rings. The van der Waals surface area contributed by atoms with Crippen LogP contribution in [0.5, 0.6) is 0 Å². The molecular formula is C16H19N3O2. The van der Waals surface area contributed by atoms with Crippen LogP contribution in [0.15, 0.2) is 24.5 Å². The van der Waals surface area contributed by atoms with Crippen LogP contribution in [0.25, 0.3) is 10.9 Å². The molecule has 5 nitrogen and oxygen atoms in total. The Morgan fingerprint density at radius 3 is 3.05 bits per heavy atom. The molecule has 1 aromatic heterocycles. The lowest BCUT2D eigenvalue weighted by molar-refractivity contribution is -0.0580. The molecule has 0 bridgehead atoms. The Kier molecular flexibility index (Phi) is 3.05. The van der Waals surface area contributed by atoms with Crippen LogP contribution in [0.3, 0.4) is 0 Å². The Morgan fingerprint density at radius 2 is 2.19 bits per heavy atom. The van der Waals surface area contributed by atoms with Crippen LogP contribution in [0, 0.1) is 6.92 Å². The molecule has 2 aliphatic rings. The number of nitrogens with zero attached hydrogens (tertiary/aromatic N) is 3. The molecule has 2 saturated heterocycles. The van der Waals surface area contributed by atoms with E-state index in [1.54, 1.807) is 6.33 Å². The van der Waals surface area contributed by atoms with Crippen molar-refractivity contribution >= 4 is 16.7 Å². The summed E-state index contributed by atoms with van der Waals surface area (Å²) in [5, 5.41) is 1.12. The molecule has 21 heavy (non-hydrogen) atoms. The number of hydrogen-bond donors (Lipinski definition) is 0. The lowest BCUT2D eigenvalue weighted by Crippen LogP contribution is -2.52. The summed E-state index contributed by atoms with van der Waals surface area (Å²) >= 11 is 0. The van der Waals surface area contributed by atoms with Crippen LogP contribution in [-0.4, -0.2) is 48.5 Å². The first-order valence-electron chi connectivity index (χ1n) is 7.44. The minimum absolute atomic E-state index is 0.153. The van der Waals surface area contributed by atoms with Gasteiger partial charge in [-0.25, -0.2) is 9.97 Å². The van der Waals surface area contributed by atoms with Crippen molar-refractivity contribution in [1.82, 2.24) is 9.97 Å². The van der Waals surface area contributed by atoms with Gasteiger partial charge in [-0.3, -0.25) is 0 Å². The van der Waals surface area contributed by atoms with Gasteiger partial charge >= 0.3 is 0 Å². The van der Waals surface area contributed by atoms with E-state index in [1.165, 1.54) is 5.56 Å². The Labute approximate surface area is 123 Å². The number of benzene rings is 1. The second-order valence-corrected chi connectivity index (χ2v) is 5.92. The first kappa shape index (κ1) is 13.0. The SMILES string of the molecule is Cc1cccc2c(N3CCOC4(CCOC4)C3)ncnc12. The van der Waals surface area contributed by atoms with Crippen LogP contribution < -0.4 is 4.90 Å². The molecule has 0 N–H and O–H groups in total. The van der Waals surface area contributed by atoms with Crippen molar-refractivity contribution < 1.29 is 9.47 Å². The van der Waals surface area contributed by atoms with Gasteiger partial charge in [0.1, 0.15) is 17.7 Å². The lowest BCUT2D eigenvalue weighted by Gasteiger charge is -2.40. The molecule has 1 spiro atoms. The van der Waals surface area contributed by atoms with E-state index in [2.05, 4.69) is 40.0 Å². The van der Waals surface area contributed by atoms with E-state index < -0.39 is 0 Å². The predicted molar refractivity (Wildman–Crippen MR) is 80.6 cm³/mol. The molecule has 3 heterocycles. The molecule has 1 unspecified atom stereocenters. The van der Waals surface area contributed by atoms with Gasteiger partial charge < -0.3 is 14.4 Å². The van der Waals surface area contributed by atoms with Gasteiger partial charge in [0.2, 0.25) is 0 Å². The van der Waals surface area contributed by atoms with Crippen molar-refractivity contribution in [3.8, 4) is 0 Å². The molecule has 0 amide bonds. The fraction of sp³-hybridized carbons (Fsp3) is 0.500. The Hall–Kier alpha value is -1.72. The molecular weight excluding hydrogens is 266 g/mol. The van der Waals surface area contributed by atoms with Gasteiger partial charge in [-0.05, 0) is 18.6 Å². The summed E-state index contributed by atoms with van der Waals surface area (Å²) in [5.41, 5.74) is 2.06. The number of anilines is 1. The molecule has 0 radical (unpaired) electrons. The largest absolute Gasteiger partial charge is 0.378 e. The van der Waals surface area contributed by atoms with Gasteiger partial charge in [-0.1, -0.05) is 12.1 Å². The zero-order chi connectivity index (χ0) is 14.3. The third kappa shape index (κ3) is 2.17. The Bertz CT molecular complexity index is 668. The van der Waals surface area contributed by atoms with Crippen LogP contribution in [0.2, 0.25) is 0 Å². The molecule has 2 aromatic rings. The maximum absolute atomic E-state index is 6.00. The number of fused-ring (bicyclic) bond motifs is 1. The van der Waals surface area contributed by atoms with Crippen molar-refractivity contribution in [2.75, 3.05) is 37.8 Å². The van der Waals surface area contributed by atoms with Crippen molar-refractivity contribution in [2.24, 2.45) is 0 Å². The lowest BCUT2D eigenvalue weighted by atomic mass is 10.0. The number of aromatic nitrogens is 2. The van der Waals surface area contributed by atoms with Crippen LogP contribution in [0.4, 0.5) is 5.82 Å². The van der Waals surface area contributed by atoms with Crippen molar-refractivity contribution in [1.29, 1.82) is 0 Å². The van der Waals surface area contributed by atoms with Gasteiger partial charge in [0.15, 0.2) is 0 Å². The van der Waals surface area contributed by atoms with E-state index in [1.807, 2.05) is 0 Å². The van der Waals surface area contributed by atoms with E-state index in [0.717, 1.165) is 49.4 Å². The summed E-state index contributed by atoms with van der Waals surface area (Å²) in [6, 6.07) is 6.26. The number of ether oxygens (including phenoxy) is 2. The highest BCUT2D eigenvalue weighted by Crippen LogP contribution is 2.32. The zero-order valence-corrected chi connectivity index (χ0v) is 12.2. The Morgan fingerprint density at radius 1 is 1.24 bits per heavy atom. The van der Waals surface area contributed by atoms with Gasteiger partial charge in [0.05, 0.1) is 25.3 Å². The van der Waals surface area contributed by atoms with Crippen LogP contribution >= 0.6 is 0 Å². The minimum Gasteiger partial charge on any atom is -0.378 e. The highest BCUT2D eigenvalue weighted by molar-refractivity contribution is 5.91. The summed E-state index contributed by atoms with van der Waals surface area (Å²) in [5.74, 6) is 1.01. The van der Waals surface area contributed by atoms with Crippen LogP contribution in [-0.2, 0) is 9.47 Å². The van der Waals surface area contributed by atoms with Crippen molar-refractivity contribution in [3.05, 3.63) is 30.1 Å². The maximum Gasteiger partial charge on any atom is 0.140 e. The van der Waals surface area contributed by atoms with E-state index in [0.29, 0.717) is 6.61 Å². The molecule has 1 atom stereocenters. The van der Waals surface area contributed by atoms with Gasteiger partial charge in [0, 0.05) is 25.0 Å². The van der Waals surface area contributed by atoms with E-state index in [9.17, 15) is 0 Å². The van der Waals surface area contributed by atoms with Crippen molar-refractivity contribution in [2.45, 2.75) is 18.9 Å². The zero-order valence-electron chi connectivity index (χ0n) is 12.2. The third-order valence-corrected chi connectivity index (χ3v) is 4.46. The Balaban J connectivity index is 1.74. The number of para-hydroxylation sites is 1. The smallest absolute Gasteiger partial charge is 0.140 e. The molecule has 2 aliphatic heterocycles. The number of morpholine rings is 1. The quantitative estimate of drug-likeness (QED) is 0.801. The fourth-order valence-corrected chi connectivity index (χ4v) is 3.33. The van der Waals surface area contributed by atoms with E-state index in [4.69, 9.17) is 9.47 Å². The third-order valence-electron chi connectivity index (χ3n) is 4.46. The maximum atomic E-state index is 6.00. The van der Waals surface area contributed by atoms with Gasteiger partial charge in [-0.2, -0.15) is 0 Å². The van der Waals surface area contributed by atoms with E-state index in [-0.39, 0.29) is 5.60 Å². The minimum atomic E-state index is -0.153. The first-order chi connectivity index (χ1) is 10.3. The molecule has 4 rings (SSSR count). The highest BCUT2D eigenvalue weighted by atomic mass is 16.6. The molecule has 5 heteroatoms. The summed E-state index contributed by atoms with van der Waals surface area (Å²) in [6.45, 7) is 5.99. The normalized spacial score (nSPS) is 25.9. The fourth-order valence-electron chi connectivity index (χ4n) is 3.33. The summed E-state index contributed by atoms with van der Waals surface area (Å²) in [4.78, 5) is 11.3.